The fraction of sp³-hybridized carbons (Fsp3) is 0.400. The molecule has 4 rings (SSSR count). The number of nitrogens with zero attached hydrogens (tertiary/aromatic N) is 3. The zero-order valence-corrected chi connectivity index (χ0v) is 14.1. The van der Waals surface area contributed by atoms with Crippen LogP contribution < -0.4 is 0 Å². The Labute approximate surface area is 147 Å². The molecule has 1 amide bonds. The highest BCUT2D eigenvalue weighted by Gasteiger charge is 2.42. The van der Waals surface area contributed by atoms with E-state index in [0.717, 1.165) is 43.7 Å². The summed E-state index contributed by atoms with van der Waals surface area (Å²) in [7, 11) is 0. The van der Waals surface area contributed by atoms with Crippen LogP contribution in [0.25, 0.3) is 0 Å². The third kappa shape index (κ3) is 3.56. The molecular formula is C20H22FN3O. The molecule has 1 aromatic carbocycles. The van der Waals surface area contributed by atoms with Crippen molar-refractivity contribution in [2.45, 2.75) is 19.5 Å². The van der Waals surface area contributed by atoms with E-state index in [2.05, 4.69) is 9.88 Å². The van der Waals surface area contributed by atoms with E-state index in [1.54, 1.807) is 6.20 Å². The topological polar surface area (TPSA) is 36.4 Å². The lowest BCUT2D eigenvalue weighted by molar-refractivity contribution is -0.140. The molecule has 2 fully saturated rings. The molecule has 4 nitrogen and oxygen atoms in total. The fourth-order valence-electron chi connectivity index (χ4n) is 4.05. The summed E-state index contributed by atoms with van der Waals surface area (Å²) in [5.41, 5.74) is 2.18. The van der Waals surface area contributed by atoms with Crippen LogP contribution in [0, 0.1) is 17.7 Å². The number of carbonyl (C=O) groups is 1. The normalized spacial score (nSPS) is 23.7. The van der Waals surface area contributed by atoms with Crippen molar-refractivity contribution in [3.63, 3.8) is 0 Å². The molecule has 1 aromatic heterocycles. The first-order valence-corrected chi connectivity index (χ1v) is 8.83. The molecule has 0 saturated carbocycles. The van der Waals surface area contributed by atoms with E-state index in [-0.39, 0.29) is 17.6 Å². The largest absolute Gasteiger partial charge is 0.338 e. The number of hydrogen-bond donors (Lipinski definition) is 0. The van der Waals surface area contributed by atoms with Crippen molar-refractivity contribution in [1.82, 2.24) is 14.8 Å². The van der Waals surface area contributed by atoms with Crippen LogP contribution in [0.4, 0.5) is 4.39 Å². The van der Waals surface area contributed by atoms with Crippen LogP contribution in [-0.4, -0.2) is 40.3 Å². The van der Waals surface area contributed by atoms with E-state index in [1.165, 1.54) is 12.1 Å². The number of benzene rings is 1. The molecule has 25 heavy (non-hydrogen) atoms. The molecule has 0 radical (unpaired) electrons. The monoisotopic (exact) mass is 339 g/mol. The molecule has 0 aliphatic carbocycles. The summed E-state index contributed by atoms with van der Waals surface area (Å²) in [6, 6.07) is 10.6. The van der Waals surface area contributed by atoms with Crippen LogP contribution in [-0.2, 0) is 17.9 Å². The second-order valence-electron chi connectivity index (χ2n) is 7.10. The van der Waals surface area contributed by atoms with Crippen molar-refractivity contribution in [2.24, 2.45) is 11.8 Å². The molecule has 2 aliphatic heterocycles. The van der Waals surface area contributed by atoms with Gasteiger partial charge < -0.3 is 4.90 Å². The Balaban J connectivity index is 1.39. The third-order valence-corrected chi connectivity index (χ3v) is 5.33. The summed E-state index contributed by atoms with van der Waals surface area (Å²) >= 11 is 0. The molecule has 3 heterocycles. The van der Waals surface area contributed by atoms with E-state index in [0.29, 0.717) is 12.5 Å². The van der Waals surface area contributed by atoms with Crippen molar-refractivity contribution in [1.29, 1.82) is 0 Å². The first kappa shape index (κ1) is 16.2. The maximum atomic E-state index is 13.0. The predicted molar refractivity (Wildman–Crippen MR) is 92.9 cm³/mol. The highest BCUT2D eigenvalue weighted by molar-refractivity contribution is 5.80. The Morgan fingerprint density at radius 1 is 1.08 bits per heavy atom. The fourth-order valence-corrected chi connectivity index (χ4v) is 4.05. The minimum absolute atomic E-state index is 0.0888. The van der Waals surface area contributed by atoms with Gasteiger partial charge in [-0.3, -0.25) is 14.7 Å². The zero-order chi connectivity index (χ0) is 17.2. The number of halogens is 1. The van der Waals surface area contributed by atoms with Crippen molar-refractivity contribution >= 4 is 5.91 Å². The number of hydrogen-bond acceptors (Lipinski definition) is 3. The second-order valence-corrected chi connectivity index (χ2v) is 7.10. The van der Waals surface area contributed by atoms with Crippen LogP contribution in [0.1, 0.15) is 17.5 Å². The van der Waals surface area contributed by atoms with Crippen LogP contribution in [0.3, 0.4) is 0 Å². The van der Waals surface area contributed by atoms with E-state index in [9.17, 15) is 9.18 Å². The maximum absolute atomic E-state index is 13.0. The Hall–Kier alpha value is -2.27. The van der Waals surface area contributed by atoms with Crippen LogP contribution >= 0.6 is 0 Å². The van der Waals surface area contributed by atoms with Gasteiger partial charge in [-0.15, -0.1) is 0 Å². The average molecular weight is 339 g/mol. The maximum Gasteiger partial charge on any atom is 0.227 e. The number of amides is 1. The standard InChI is InChI=1S/C20H22FN3O/c21-18-5-3-15(4-6-18)11-23-13-17-7-9-24(20(25)19(17)14-23)12-16-2-1-8-22-10-16/h1-6,8,10,17,19H,7,9,11-14H2/t17-,19-/m1/s1. The molecule has 2 atom stereocenters. The molecule has 2 saturated heterocycles. The van der Waals surface area contributed by atoms with Gasteiger partial charge in [-0.2, -0.15) is 0 Å². The summed E-state index contributed by atoms with van der Waals surface area (Å²) in [4.78, 5) is 21.3. The van der Waals surface area contributed by atoms with Crippen LogP contribution in [0.5, 0.6) is 0 Å². The molecule has 5 heteroatoms. The van der Waals surface area contributed by atoms with Gasteiger partial charge in [0.15, 0.2) is 0 Å². The zero-order valence-electron chi connectivity index (χ0n) is 14.1. The first-order chi connectivity index (χ1) is 12.2. The molecule has 0 bridgehead atoms. The lowest BCUT2D eigenvalue weighted by Crippen LogP contribution is -2.44. The van der Waals surface area contributed by atoms with Gasteiger partial charge in [0.05, 0.1) is 5.92 Å². The Morgan fingerprint density at radius 3 is 2.68 bits per heavy atom. The number of piperidine rings is 1. The van der Waals surface area contributed by atoms with Gasteiger partial charge in [0, 0.05) is 45.1 Å². The SMILES string of the molecule is O=C1[C@@H]2CN(Cc3ccc(F)cc3)C[C@H]2CCN1Cc1cccnc1. The molecule has 2 aliphatic rings. The van der Waals surface area contributed by atoms with Crippen molar-refractivity contribution < 1.29 is 9.18 Å². The van der Waals surface area contributed by atoms with E-state index in [4.69, 9.17) is 0 Å². The number of likely N-dealkylation sites (tertiary alicyclic amines) is 2. The Kier molecular flexibility index (Phi) is 4.49. The van der Waals surface area contributed by atoms with Crippen molar-refractivity contribution in [2.75, 3.05) is 19.6 Å². The molecule has 0 N–H and O–H groups in total. The number of aromatic nitrogens is 1. The van der Waals surface area contributed by atoms with Crippen molar-refractivity contribution in [3.05, 3.63) is 65.7 Å². The van der Waals surface area contributed by atoms with Gasteiger partial charge in [-0.05, 0) is 41.7 Å². The predicted octanol–water partition coefficient (Wildman–Crippen LogP) is 2.70. The van der Waals surface area contributed by atoms with Crippen molar-refractivity contribution in [3.8, 4) is 0 Å². The van der Waals surface area contributed by atoms with E-state index >= 15 is 0 Å². The summed E-state index contributed by atoms with van der Waals surface area (Å²) in [5.74, 6) is 0.589. The summed E-state index contributed by atoms with van der Waals surface area (Å²) in [6.45, 7) is 4.00. The van der Waals surface area contributed by atoms with Gasteiger partial charge in [0.25, 0.3) is 0 Å². The van der Waals surface area contributed by atoms with Gasteiger partial charge >= 0.3 is 0 Å². The second kappa shape index (κ2) is 6.92. The molecule has 130 valence electrons. The first-order valence-electron chi connectivity index (χ1n) is 8.83. The lowest BCUT2D eigenvalue weighted by atomic mass is 9.88. The molecular weight excluding hydrogens is 317 g/mol. The van der Waals surface area contributed by atoms with Gasteiger partial charge in [0.1, 0.15) is 5.82 Å². The Bertz CT molecular complexity index is 734. The van der Waals surface area contributed by atoms with Gasteiger partial charge in [-0.1, -0.05) is 18.2 Å². The minimum Gasteiger partial charge on any atom is -0.338 e. The number of fused-ring (bicyclic) bond motifs is 1. The average Bonchev–Trinajstić information content (AvgIpc) is 3.04. The Morgan fingerprint density at radius 2 is 1.92 bits per heavy atom. The van der Waals surface area contributed by atoms with Gasteiger partial charge in [-0.25, -0.2) is 4.39 Å². The van der Waals surface area contributed by atoms with E-state index in [1.807, 2.05) is 35.4 Å². The summed E-state index contributed by atoms with van der Waals surface area (Å²) in [6.07, 6.45) is 4.63. The molecule has 0 unspecified atom stereocenters. The summed E-state index contributed by atoms with van der Waals surface area (Å²) < 4.78 is 13.0. The smallest absolute Gasteiger partial charge is 0.227 e. The quantitative estimate of drug-likeness (QED) is 0.859. The molecule has 0 spiro atoms. The number of rotatable bonds is 4. The number of pyridine rings is 1. The van der Waals surface area contributed by atoms with Crippen LogP contribution in [0.2, 0.25) is 0 Å². The highest BCUT2D eigenvalue weighted by Crippen LogP contribution is 2.33. The van der Waals surface area contributed by atoms with Crippen LogP contribution in [0.15, 0.2) is 48.8 Å². The molecule has 2 aromatic rings. The third-order valence-electron chi connectivity index (χ3n) is 5.33. The highest BCUT2D eigenvalue weighted by atomic mass is 19.1. The summed E-state index contributed by atoms with van der Waals surface area (Å²) in [5, 5.41) is 0. The lowest BCUT2D eigenvalue weighted by Gasteiger charge is -2.33. The minimum atomic E-state index is -0.208. The number of carbonyl (C=O) groups excluding carboxylic acids is 1. The van der Waals surface area contributed by atoms with Gasteiger partial charge in [0.2, 0.25) is 5.91 Å². The van der Waals surface area contributed by atoms with E-state index < -0.39 is 0 Å².